The fraction of sp³-hybridized carbons (Fsp3) is 0.593. The first-order chi connectivity index (χ1) is 16.8. The van der Waals surface area contributed by atoms with Gasteiger partial charge in [0.25, 0.3) is 0 Å². The summed E-state index contributed by atoms with van der Waals surface area (Å²) in [5, 5.41) is 8.32. The largest absolute Gasteiger partial charge is 0.356 e. The molecular formula is C27H43N5O2S. The van der Waals surface area contributed by atoms with Crippen molar-refractivity contribution in [2.45, 2.75) is 77.3 Å². The minimum absolute atomic E-state index is 0.0680. The lowest BCUT2D eigenvalue weighted by molar-refractivity contribution is -0.133. The van der Waals surface area contributed by atoms with Gasteiger partial charge in [-0.05, 0) is 58.4 Å². The van der Waals surface area contributed by atoms with Crippen LogP contribution in [0.2, 0.25) is 0 Å². The van der Waals surface area contributed by atoms with Crippen molar-refractivity contribution in [2.24, 2.45) is 5.73 Å². The second kappa shape index (κ2) is 15.7. The third-order valence-corrected chi connectivity index (χ3v) is 6.43. The zero-order valence-corrected chi connectivity index (χ0v) is 22.4. The Labute approximate surface area is 214 Å². The smallest absolute Gasteiger partial charge is 0.239 e. The van der Waals surface area contributed by atoms with E-state index < -0.39 is 5.54 Å². The van der Waals surface area contributed by atoms with Crippen LogP contribution in [0.15, 0.2) is 41.2 Å². The molecule has 8 heteroatoms. The topological polar surface area (TPSA) is 100 Å². The number of nitrogens with zero attached hydrogens (tertiary/aromatic N) is 2. The molecule has 0 bridgehead atoms. The molecular weight excluding hydrogens is 458 g/mol. The number of aryl methyl sites for hydroxylation is 1. The van der Waals surface area contributed by atoms with Gasteiger partial charge in [-0.15, -0.1) is 11.3 Å². The number of nitrogens with two attached hydrogens (primary N) is 1. The van der Waals surface area contributed by atoms with Crippen LogP contribution in [0.25, 0.3) is 0 Å². The van der Waals surface area contributed by atoms with E-state index in [0.717, 1.165) is 44.2 Å². The van der Waals surface area contributed by atoms with E-state index in [2.05, 4.69) is 27.8 Å². The number of carbonyl (C=O) groups is 2. The Hall–Kier alpha value is -2.29. The van der Waals surface area contributed by atoms with Gasteiger partial charge in [-0.2, -0.15) is 0 Å². The number of unbranched alkanes of at least 4 members (excludes halogenated alkanes) is 1. The van der Waals surface area contributed by atoms with E-state index >= 15 is 0 Å². The van der Waals surface area contributed by atoms with E-state index in [9.17, 15) is 9.59 Å². The van der Waals surface area contributed by atoms with Gasteiger partial charge in [0.15, 0.2) is 0 Å². The first-order valence-electron chi connectivity index (χ1n) is 12.8. The van der Waals surface area contributed by atoms with Crippen molar-refractivity contribution in [1.29, 1.82) is 0 Å². The summed E-state index contributed by atoms with van der Waals surface area (Å²) in [6.45, 7) is 8.30. The number of carbonyl (C=O) groups excluding carboxylic acids is 2. The molecule has 0 saturated carbocycles. The van der Waals surface area contributed by atoms with Gasteiger partial charge in [0.1, 0.15) is 0 Å². The molecule has 35 heavy (non-hydrogen) atoms. The second-order valence-corrected chi connectivity index (χ2v) is 10.5. The molecule has 0 saturated heterocycles. The summed E-state index contributed by atoms with van der Waals surface area (Å²) in [7, 11) is 0. The van der Waals surface area contributed by atoms with Crippen molar-refractivity contribution in [3.05, 3.63) is 52.5 Å². The van der Waals surface area contributed by atoms with E-state index in [1.165, 1.54) is 5.56 Å². The van der Waals surface area contributed by atoms with E-state index in [-0.39, 0.29) is 17.9 Å². The number of hydrogen-bond donors (Lipinski definition) is 3. The first-order valence-corrected chi connectivity index (χ1v) is 13.7. The van der Waals surface area contributed by atoms with Crippen LogP contribution in [-0.4, -0.2) is 59.5 Å². The van der Waals surface area contributed by atoms with Gasteiger partial charge < -0.3 is 21.3 Å². The molecule has 0 fully saturated rings. The highest BCUT2D eigenvalue weighted by Crippen LogP contribution is 2.12. The maximum Gasteiger partial charge on any atom is 0.239 e. The number of rotatable bonds is 17. The Kier molecular flexibility index (Phi) is 12.9. The maximum absolute atomic E-state index is 13.7. The van der Waals surface area contributed by atoms with Crippen molar-refractivity contribution in [3.8, 4) is 0 Å². The van der Waals surface area contributed by atoms with Crippen molar-refractivity contribution in [3.63, 3.8) is 0 Å². The Morgan fingerprint density at radius 3 is 2.54 bits per heavy atom. The lowest BCUT2D eigenvalue weighted by atomic mass is 10.0. The predicted molar refractivity (Wildman–Crippen MR) is 144 cm³/mol. The van der Waals surface area contributed by atoms with Gasteiger partial charge in [-0.3, -0.25) is 9.59 Å². The van der Waals surface area contributed by atoms with Crippen LogP contribution >= 0.6 is 11.3 Å². The standard InChI is InChI=1S/C27H43N5O2S/c1-4-29-25(33)15-8-9-17-32(18-16-23-19-35-21-31-23)26(34)24(30-20-27(2,3)28)14-10-13-22-11-6-5-7-12-22/h5-7,11-12,19,21,24,30H,4,8-10,13-18,20,28H2,1-3H3,(H,29,33)/t24-/m1/s1. The molecule has 2 amide bonds. The summed E-state index contributed by atoms with van der Waals surface area (Å²) in [6, 6.07) is 10.1. The van der Waals surface area contributed by atoms with Gasteiger partial charge >= 0.3 is 0 Å². The minimum Gasteiger partial charge on any atom is -0.356 e. The van der Waals surface area contributed by atoms with E-state index in [4.69, 9.17) is 5.73 Å². The van der Waals surface area contributed by atoms with Crippen LogP contribution in [0.4, 0.5) is 0 Å². The normalized spacial score (nSPS) is 12.3. The highest BCUT2D eigenvalue weighted by atomic mass is 32.1. The highest BCUT2D eigenvalue weighted by Gasteiger charge is 2.25. The molecule has 194 valence electrons. The van der Waals surface area contributed by atoms with E-state index in [0.29, 0.717) is 32.6 Å². The molecule has 1 heterocycles. The number of thiazole rings is 1. The van der Waals surface area contributed by atoms with Crippen molar-refractivity contribution in [1.82, 2.24) is 20.5 Å². The molecule has 2 aromatic rings. The molecule has 7 nitrogen and oxygen atoms in total. The van der Waals surface area contributed by atoms with Crippen LogP contribution < -0.4 is 16.4 Å². The first kappa shape index (κ1) is 28.9. The van der Waals surface area contributed by atoms with Crippen LogP contribution in [-0.2, 0) is 22.4 Å². The molecule has 1 aromatic heterocycles. The molecule has 0 unspecified atom stereocenters. The fourth-order valence-corrected chi connectivity index (χ4v) is 4.48. The third kappa shape index (κ3) is 12.3. The Bertz CT molecular complexity index is 852. The Morgan fingerprint density at radius 1 is 1.11 bits per heavy atom. The van der Waals surface area contributed by atoms with Crippen LogP contribution in [0.1, 0.15) is 64.1 Å². The Morgan fingerprint density at radius 2 is 1.89 bits per heavy atom. The van der Waals surface area contributed by atoms with Crippen molar-refractivity contribution >= 4 is 23.2 Å². The summed E-state index contributed by atoms with van der Waals surface area (Å²) >= 11 is 1.57. The fourth-order valence-electron chi connectivity index (χ4n) is 3.89. The van der Waals surface area contributed by atoms with E-state index in [1.54, 1.807) is 11.3 Å². The molecule has 0 spiro atoms. The highest BCUT2D eigenvalue weighted by molar-refractivity contribution is 7.07. The molecule has 1 atom stereocenters. The summed E-state index contributed by atoms with van der Waals surface area (Å²) in [6.07, 6.45) is 5.36. The SMILES string of the molecule is CCNC(=O)CCCCN(CCc1cscn1)C(=O)[C@@H](CCCc1ccccc1)NCC(C)(C)N. The van der Waals surface area contributed by atoms with Crippen LogP contribution in [0.5, 0.6) is 0 Å². The van der Waals surface area contributed by atoms with Crippen LogP contribution in [0.3, 0.4) is 0 Å². The number of amides is 2. The van der Waals surface area contributed by atoms with Gasteiger partial charge in [0, 0.05) is 49.9 Å². The maximum atomic E-state index is 13.7. The molecule has 0 aliphatic heterocycles. The molecule has 2 rings (SSSR count). The van der Waals surface area contributed by atoms with Crippen molar-refractivity contribution < 1.29 is 9.59 Å². The quantitative estimate of drug-likeness (QED) is 0.288. The van der Waals surface area contributed by atoms with Crippen molar-refractivity contribution in [2.75, 3.05) is 26.2 Å². The number of hydrogen-bond acceptors (Lipinski definition) is 6. The number of aromatic nitrogens is 1. The van der Waals surface area contributed by atoms with E-state index in [1.807, 2.05) is 54.8 Å². The summed E-state index contributed by atoms with van der Waals surface area (Å²) in [5.74, 6) is 0.175. The zero-order valence-electron chi connectivity index (χ0n) is 21.6. The molecule has 0 radical (unpaired) electrons. The van der Waals surface area contributed by atoms with Gasteiger partial charge in [-0.25, -0.2) is 4.98 Å². The average Bonchev–Trinajstić information content (AvgIpc) is 3.34. The van der Waals surface area contributed by atoms with Gasteiger partial charge in [0.2, 0.25) is 11.8 Å². The molecule has 4 N–H and O–H groups in total. The van der Waals surface area contributed by atoms with Crippen LogP contribution in [0, 0.1) is 0 Å². The summed E-state index contributed by atoms with van der Waals surface area (Å²) in [4.78, 5) is 31.8. The Balaban J connectivity index is 2.02. The molecule has 0 aliphatic rings. The average molecular weight is 502 g/mol. The summed E-state index contributed by atoms with van der Waals surface area (Å²) in [5.41, 5.74) is 9.93. The number of benzene rings is 1. The monoisotopic (exact) mass is 501 g/mol. The lowest BCUT2D eigenvalue weighted by Gasteiger charge is -2.30. The minimum atomic E-state index is -0.407. The molecule has 0 aliphatic carbocycles. The second-order valence-electron chi connectivity index (χ2n) is 9.77. The molecule has 1 aromatic carbocycles. The van der Waals surface area contributed by atoms with Gasteiger partial charge in [-0.1, -0.05) is 30.3 Å². The third-order valence-electron chi connectivity index (χ3n) is 5.79. The van der Waals surface area contributed by atoms with Gasteiger partial charge in [0.05, 0.1) is 17.2 Å². The number of nitrogens with one attached hydrogen (secondary N) is 2. The summed E-state index contributed by atoms with van der Waals surface area (Å²) < 4.78 is 0. The predicted octanol–water partition coefficient (Wildman–Crippen LogP) is 3.54. The lowest BCUT2D eigenvalue weighted by Crippen LogP contribution is -2.53. The zero-order chi connectivity index (χ0) is 25.5.